The van der Waals surface area contributed by atoms with Crippen LogP contribution in [-0.2, 0) is 20.7 Å². The molecule has 0 aromatic carbocycles. The van der Waals surface area contributed by atoms with Gasteiger partial charge in [-0.25, -0.2) is 0 Å². The van der Waals surface area contributed by atoms with Gasteiger partial charge in [0, 0.05) is 37.8 Å². The molecule has 6 nitrogen and oxygen atoms in total. The average molecular weight is 484 g/mol. The van der Waals surface area contributed by atoms with E-state index in [0.29, 0.717) is 0 Å². The molecule has 1 aromatic rings. The molecule has 1 fully saturated rings. The highest BCUT2D eigenvalue weighted by Crippen LogP contribution is 2.27. The Morgan fingerprint density at radius 1 is 1.20 bits per heavy atom. The van der Waals surface area contributed by atoms with E-state index in [9.17, 15) is 9.59 Å². The molecule has 35 heavy (non-hydrogen) atoms. The van der Waals surface area contributed by atoms with Gasteiger partial charge in [0.15, 0.2) is 0 Å². The van der Waals surface area contributed by atoms with E-state index in [4.69, 9.17) is 4.74 Å². The number of hydrogen-bond donors (Lipinski definition) is 0. The summed E-state index contributed by atoms with van der Waals surface area (Å²) in [5.74, 6) is 0.927. The molecule has 2 aliphatic rings. The lowest BCUT2D eigenvalue weighted by atomic mass is 9.89. The quantitative estimate of drug-likeness (QED) is 0.395. The van der Waals surface area contributed by atoms with Gasteiger partial charge < -0.3 is 9.64 Å². The van der Waals surface area contributed by atoms with Gasteiger partial charge in [-0.1, -0.05) is 32.1 Å². The van der Waals surface area contributed by atoms with Crippen LogP contribution in [0.2, 0.25) is 0 Å². The van der Waals surface area contributed by atoms with Crippen LogP contribution < -0.4 is 0 Å². The minimum atomic E-state index is -0.116. The lowest BCUT2D eigenvalue weighted by Crippen LogP contribution is -2.45. The highest BCUT2D eigenvalue weighted by Gasteiger charge is 2.30. The zero-order valence-electron chi connectivity index (χ0n) is 23.0. The molecule has 3 rings (SSSR count). The molecule has 1 aromatic heterocycles. The molecule has 194 valence electrons. The number of nitrogens with zero attached hydrogens (tertiary/aromatic N) is 3. The Hall–Kier alpha value is -2.44. The van der Waals surface area contributed by atoms with Gasteiger partial charge in [0.1, 0.15) is 0 Å². The molecule has 2 atom stereocenters. The molecular formula is C29H45N3O3. The van der Waals surface area contributed by atoms with E-state index in [-0.39, 0.29) is 17.9 Å². The molecule has 0 spiro atoms. The molecular weight excluding hydrogens is 438 g/mol. The van der Waals surface area contributed by atoms with Gasteiger partial charge in [-0.15, -0.1) is 0 Å². The Bertz CT molecular complexity index is 949. The first-order valence-electron chi connectivity index (χ1n) is 13.0. The first kappa shape index (κ1) is 28.8. The summed E-state index contributed by atoms with van der Waals surface area (Å²) in [7, 11) is 2.08. The zero-order valence-corrected chi connectivity index (χ0v) is 23.0. The number of aromatic nitrogens is 1. The van der Waals surface area contributed by atoms with Gasteiger partial charge in [-0.05, 0) is 76.4 Å². The number of aryl methyl sites for hydroxylation is 1. The van der Waals surface area contributed by atoms with E-state index in [2.05, 4.69) is 58.7 Å². The van der Waals surface area contributed by atoms with Gasteiger partial charge in [-0.2, -0.15) is 0 Å². The van der Waals surface area contributed by atoms with Crippen molar-refractivity contribution in [1.29, 1.82) is 0 Å². The van der Waals surface area contributed by atoms with Crippen LogP contribution >= 0.6 is 0 Å². The van der Waals surface area contributed by atoms with Crippen molar-refractivity contribution in [1.82, 2.24) is 14.4 Å². The number of likely N-dealkylation sites (N-methyl/N-ethyl adjacent to an activating group) is 1. The molecule has 1 saturated heterocycles. The Kier molecular flexibility index (Phi) is 11.2. The van der Waals surface area contributed by atoms with Crippen LogP contribution in [0.5, 0.6) is 0 Å². The van der Waals surface area contributed by atoms with Crippen molar-refractivity contribution >= 4 is 18.4 Å². The highest BCUT2D eigenvalue weighted by molar-refractivity contribution is 5.81. The Morgan fingerprint density at radius 3 is 2.31 bits per heavy atom. The first-order valence-corrected chi connectivity index (χ1v) is 13.0. The molecule has 3 heterocycles. The fraction of sp³-hybridized carbons (Fsp3) is 0.586. The number of ether oxygens (including phenoxy) is 1. The minimum Gasteiger partial charge on any atom is -0.381 e. The summed E-state index contributed by atoms with van der Waals surface area (Å²) in [4.78, 5) is 28.5. The Morgan fingerprint density at radius 2 is 1.83 bits per heavy atom. The van der Waals surface area contributed by atoms with E-state index in [1.807, 2.05) is 37.1 Å². The number of rotatable bonds is 8. The van der Waals surface area contributed by atoms with E-state index < -0.39 is 0 Å². The standard InChI is InChI=1S/C25H37N3O2.C4H8O/c1-8-21-16-28(17-29)24(19(21)5)13-11-12-18(4)23-14-22(15-26(7)20(23)6)25(30)27(9-2)10-3;1-4-2-5-3-4/h11-14,16-17,20,22H,8-10,15H2,1-7H3;4H,2-3H2,1H3/b13-11-,18-12+;/t20-,22?;/m1./s1. The summed E-state index contributed by atoms with van der Waals surface area (Å²) in [6, 6.07) is 0.252. The van der Waals surface area contributed by atoms with Crippen LogP contribution in [0, 0.1) is 18.8 Å². The monoisotopic (exact) mass is 483 g/mol. The highest BCUT2D eigenvalue weighted by atomic mass is 16.5. The number of amides is 1. The van der Waals surface area contributed by atoms with Crippen LogP contribution in [0.25, 0.3) is 6.08 Å². The minimum absolute atomic E-state index is 0.116. The van der Waals surface area contributed by atoms with E-state index in [1.165, 1.54) is 11.1 Å². The van der Waals surface area contributed by atoms with Gasteiger partial charge in [0.25, 0.3) is 0 Å². The van der Waals surface area contributed by atoms with Gasteiger partial charge >= 0.3 is 0 Å². The second-order valence-corrected chi connectivity index (χ2v) is 9.74. The van der Waals surface area contributed by atoms with Gasteiger partial charge in [-0.3, -0.25) is 19.1 Å². The fourth-order valence-corrected chi connectivity index (χ4v) is 4.58. The van der Waals surface area contributed by atoms with Crippen molar-refractivity contribution in [2.75, 3.05) is 39.9 Å². The van der Waals surface area contributed by atoms with Gasteiger partial charge in [0.2, 0.25) is 12.3 Å². The third-order valence-corrected chi connectivity index (χ3v) is 7.16. The van der Waals surface area contributed by atoms with Crippen LogP contribution in [0.1, 0.15) is 58.4 Å². The molecule has 1 unspecified atom stereocenters. The summed E-state index contributed by atoms with van der Waals surface area (Å²) in [6.07, 6.45) is 11.9. The molecule has 6 heteroatoms. The lowest BCUT2D eigenvalue weighted by Gasteiger charge is -2.36. The maximum atomic E-state index is 12.9. The van der Waals surface area contributed by atoms with E-state index in [0.717, 1.165) is 68.4 Å². The number of carbonyl (C=O) groups is 2. The number of allylic oxidation sites excluding steroid dienone is 2. The van der Waals surface area contributed by atoms with Crippen LogP contribution in [0.3, 0.4) is 0 Å². The topological polar surface area (TPSA) is 54.8 Å². The fourth-order valence-electron chi connectivity index (χ4n) is 4.58. The molecule has 0 saturated carbocycles. The van der Waals surface area contributed by atoms with Crippen LogP contribution in [0.15, 0.2) is 35.6 Å². The molecule has 0 bridgehead atoms. The molecule has 0 N–H and O–H groups in total. The smallest absolute Gasteiger partial charge is 0.230 e. The average Bonchev–Trinajstić information content (AvgIpc) is 3.14. The van der Waals surface area contributed by atoms with Crippen molar-refractivity contribution in [2.24, 2.45) is 11.8 Å². The maximum absolute atomic E-state index is 12.9. The van der Waals surface area contributed by atoms with E-state index >= 15 is 0 Å². The Balaban J connectivity index is 0.000000764. The van der Waals surface area contributed by atoms with Crippen molar-refractivity contribution in [3.05, 3.63) is 52.4 Å². The third-order valence-electron chi connectivity index (χ3n) is 7.16. The van der Waals surface area contributed by atoms with Crippen molar-refractivity contribution < 1.29 is 14.3 Å². The third kappa shape index (κ3) is 7.28. The summed E-state index contributed by atoms with van der Waals surface area (Å²) in [5.41, 5.74) is 5.58. The second kappa shape index (κ2) is 13.6. The summed E-state index contributed by atoms with van der Waals surface area (Å²) in [6.45, 7) is 18.9. The normalized spacial score (nSPS) is 21.3. The SMILES string of the molecule is CC1COC1.CCc1cn(C=O)c(/C=C\C=C(/C)C2=CC(C(=O)N(CC)CC)CN(C)[C@@H]2C)c1C. The van der Waals surface area contributed by atoms with Crippen molar-refractivity contribution in [3.8, 4) is 0 Å². The predicted molar refractivity (Wildman–Crippen MR) is 145 cm³/mol. The van der Waals surface area contributed by atoms with Gasteiger partial charge in [0.05, 0.1) is 24.8 Å². The molecule has 0 aliphatic carbocycles. The summed E-state index contributed by atoms with van der Waals surface area (Å²) < 4.78 is 6.48. The van der Waals surface area contributed by atoms with Crippen molar-refractivity contribution in [3.63, 3.8) is 0 Å². The van der Waals surface area contributed by atoms with E-state index in [1.54, 1.807) is 4.57 Å². The first-order chi connectivity index (χ1) is 16.7. The lowest BCUT2D eigenvalue weighted by molar-refractivity contribution is -0.134. The van der Waals surface area contributed by atoms with Crippen LogP contribution in [-0.4, -0.2) is 72.6 Å². The molecule has 1 amide bonds. The Labute approximate surface area is 212 Å². The largest absolute Gasteiger partial charge is 0.381 e. The predicted octanol–water partition coefficient (Wildman–Crippen LogP) is 4.75. The van der Waals surface area contributed by atoms with Crippen LogP contribution in [0.4, 0.5) is 0 Å². The number of carbonyl (C=O) groups excluding carboxylic acids is 2. The number of hydrogen-bond acceptors (Lipinski definition) is 4. The second-order valence-electron chi connectivity index (χ2n) is 9.74. The zero-order chi connectivity index (χ0) is 26.1. The maximum Gasteiger partial charge on any atom is 0.230 e. The molecule has 0 radical (unpaired) electrons. The van der Waals surface area contributed by atoms with Crippen molar-refractivity contribution in [2.45, 2.75) is 60.9 Å². The summed E-state index contributed by atoms with van der Waals surface area (Å²) in [5, 5.41) is 0. The molecule has 2 aliphatic heterocycles. The summed E-state index contributed by atoms with van der Waals surface area (Å²) >= 11 is 0.